The number of amides is 1. The van der Waals surface area contributed by atoms with E-state index in [1.165, 1.54) is 13.0 Å². The largest absolute Gasteiger partial charge is 0.349 e. The molecule has 1 heterocycles. The van der Waals surface area contributed by atoms with Gasteiger partial charge in [0.1, 0.15) is 11.5 Å². The first-order chi connectivity index (χ1) is 14.4. The lowest BCUT2D eigenvalue weighted by Crippen LogP contribution is -2.36. The van der Waals surface area contributed by atoms with Crippen molar-refractivity contribution in [3.63, 3.8) is 0 Å². The van der Waals surface area contributed by atoms with Gasteiger partial charge in [-0.15, -0.1) is 0 Å². The number of rotatable bonds is 6. The Morgan fingerprint density at radius 2 is 1.97 bits per heavy atom. The number of pyridine rings is 1. The van der Waals surface area contributed by atoms with Crippen molar-refractivity contribution in [2.24, 2.45) is 5.92 Å². The van der Waals surface area contributed by atoms with E-state index < -0.39 is 21.9 Å². The smallest absolute Gasteiger partial charge is 0.229 e. The molecular weight excluding hydrogens is 421 g/mol. The van der Waals surface area contributed by atoms with Gasteiger partial charge in [-0.2, -0.15) is 0 Å². The predicted molar refractivity (Wildman–Crippen MR) is 116 cm³/mol. The number of halogens is 1. The highest BCUT2D eigenvalue weighted by molar-refractivity contribution is 7.92. The number of benzene rings is 1. The van der Waals surface area contributed by atoms with Gasteiger partial charge in [-0.25, -0.2) is 17.8 Å². The van der Waals surface area contributed by atoms with Crippen LogP contribution in [0, 0.1) is 18.7 Å². The average molecular weight is 448 g/mol. The van der Waals surface area contributed by atoms with Crippen molar-refractivity contribution in [2.45, 2.75) is 46.1 Å². The molecule has 166 valence electrons. The summed E-state index contributed by atoms with van der Waals surface area (Å²) < 4.78 is 39.8. The zero-order chi connectivity index (χ0) is 22.9. The van der Waals surface area contributed by atoms with Gasteiger partial charge in [0.2, 0.25) is 15.9 Å². The van der Waals surface area contributed by atoms with Gasteiger partial charge in [0.05, 0.1) is 18.0 Å². The fraction of sp³-hybridized carbons (Fsp3) is 0.409. The topological polar surface area (TPSA) is 105 Å². The second-order valence-electron chi connectivity index (χ2n) is 8.09. The molecule has 1 aliphatic carbocycles. The lowest BCUT2D eigenvalue weighted by atomic mass is 9.85. The molecule has 0 aliphatic heterocycles. The first-order valence-electron chi connectivity index (χ1n) is 10.0. The number of carbonyl (C=O) groups excluding carboxylic acids is 2. The molecule has 31 heavy (non-hydrogen) atoms. The molecule has 3 rings (SSSR count). The Kier molecular flexibility index (Phi) is 6.45. The maximum absolute atomic E-state index is 14.6. The highest BCUT2D eigenvalue weighted by atomic mass is 32.2. The Morgan fingerprint density at radius 1 is 1.26 bits per heavy atom. The van der Waals surface area contributed by atoms with Gasteiger partial charge < -0.3 is 5.32 Å². The molecule has 0 saturated heterocycles. The van der Waals surface area contributed by atoms with E-state index in [1.807, 2.05) is 6.07 Å². The van der Waals surface area contributed by atoms with Crippen LogP contribution in [0.5, 0.6) is 0 Å². The molecule has 7 nitrogen and oxygen atoms in total. The minimum atomic E-state index is -3.53. The van der Waals surface area contributed by atoms with Crippen LogP contribution in [0.15, 0.2) is 24.3 Å². The zero-order valence-corrected chi connectivity index (χ0v) is 18.8. The number of hydrogen-bond donors (Lipinski definition) is 2. The monoisotopic (exact) mass is 447 g/mol. The molecule has 2 unspecified atom stereocenters. The van der Waals surface area contributed by atoms with Gasteiger partial charge in [-0.3, -0.25) is 14.3 Å². The number of sulfonamides is 1. The second kappa shape index (κ2) is 8.74. The van der Waals surface area contributed by atoms with Crippen LogP contribution in [-0.4, -0.2) is 31.3 Å². The van der Waals surface area contributed by atoms with E-state index in [9.17, 15) is 22.4 Å². The molecule has 1 aliphatic rings. The Balaban J connectivity index is 1.71. The number of fused-ring (bicyclic) bond motifs is 1. The summed E-state index contributed by atoms with van der Waals surface area (Å²) in [6.07, 6.45) is 2.71. The van der Waals surface area contributed by atoms with Crippen LogP contribution >= 0.6 is 0 Å². The standard InChI is InChI=1S/C22H26FN3O4S/c1-12-9-17(18(23)11-21(12)26-31(4,29)30)13(2)24-22(28)16-6-8-20-15(10-16)5-7-19(25-20)14(3)27/h5,7,9,11,13,16,26H,6,8,10H2,1-4H3,(H,24,28). The van der Waals surface area contributed by atoms with Gasteiger partial charge in [-0.1, -0.05) is 6.07 Å². The summed E-state index contributed by atoms with van der Waals surface area (Å²) in [5.74, 6) is -1.13. The summed E-state index contributed by atoms with van der Waals surface area (Å²) in [6, 6.07) is 5.60. The van der Waals surface area contributed by atoms with E-state index >= 15 is 0 Å². The van der Waals surface area contributed by atoms with Crippen molar-refractivity contribution in [2.75, 3.05) is 11.0 Å². The van der Waals surface area contributed by atoms with Gasteiger partial charge >= 0.3 is 0 Å². The van der Waals surface area contributed by atoms with Crippen LogP contribution < -0.4 is 10.0 Å². The third kappa shape index (κ3) is 5.46. The first kappa shape index (κ1) is 22.9. The molecule has 0 fully saturated rings. The van der Waals surface area contributed by atoms with Crippen molar-refractivity contribution < 1.29 is 22.4 Å². The summed E-state index contributed by atoms with van der Waals surface area (Å²) >= 11 is 0. The molecule has 0 radical (unpaired) electrons. The minimum Gasteiger partial charge on any atom is -0.349 e. The molecular formula is C22H26FN3O4S. The zero-order valence-electron chi connectivity index (χ0n) is 18.0. The van der Waals surface area contributed by atoms with Crippen molar-refractivity contribution in [3.8, 4) is 0 Å². The second-order valence-corrected chi connectivity index (χ2v) is 9.84. The molecule has 0 saturated carbocycles. The van der Waals surface area contributed by atoms with Gasteiger partial charge in [0, 0.05) is 24.1 Å². The molecule has 1 aromatic carbocycles. The number of aryl methyl sites for hydroxylation is 2. The number of ketones is 1. The van der Waals surface area contributed by atoms with Crippen LogP contribution in [-0.2, 0) is 27.7 Å². The summed E-state index contributed by atoms with van der Waals surface area (Å²) in [5.41, 5.74) is 3.23. The fourth-order valence-corrected chi connectivity index (χ4v) is 4.40. The predicted octanol–water partition coefficient (Wildman–Crippen LogP) is 3.09. The minimum absolute atomic E-state index is 0.0911. The molecule has 1 amide bonds. The van der Waals surface area contributed by atoms with E-state index in [-0.39, 0.29) is 28.9 Å². The molecule has 2 N–H and O–H groups in total. The fourth-order valence-electron chi connectivity index (χ4n) is 3.79. The number of nitrogens with zero attached hydrogens (tertiary/aromatic N) is 1. The van der Waals surface area contributed by atoms with Gasteiger partial charge in [-0.05, 0) is 62.4 Å². The van der Waals surface area contributed by atoms with Gasteiger partial charge in [0.15, 0.2) is 5.78 Å². The number of nitrogens with one attached hydrogen (secondary N) is 2. The van der Waals surface area contributed by atoms with E-state index in [4.69, 9.17) is 0 Å². The summed E-state index contributed by atoms with van der Waals surface area (Å²) in [4.78, 5) is 28.7. The Labute approximate surface area is 181 Å². The number of Topliss-reactive ketones (excluding diaryl/α,β-unsaturated/α-hetero) is 1. The number of anilines is 1. The number of aromatic nitrogens is 1. The third-order valence-electron chi connectivity index (χ3n) is 5.46. The third-order valence-corrected chi connectivity index (χ3v) is 6.05. The summed E-state index contributed by atoms with van der Waals surface area (Å²) in [7, 11) is -3.53. The molecule has 0 bridgehead atoms. The molecule has 1 aromatic heterocycles. The highest BCUT2D eigenvalue weighted by Gasteiger charge is 2.27. The van der Waals surface area contributed by atoms with Crippen LogP contribution in [0.4, 0.5) is 10.1 Å². The van der Waals surface area contributed by atoms with E-state index in [0.717, 1.165) is 23.6 Å². The normalized spacial score (nSPS) is 16.9. The molecule has 2 atom stereocenters. The molecule has 0 spiro atoms. The maximum Gasteiger partial charge on any atom is 0.229 e. The lowest BCUT2D eigenvalue weighted by Gasteiger charge is -2.25. The quantitative estimate of drug-likeness (QED) is 0.662. The van der Waals surface area contributed by atoms with Crippen molar-refractivity contribution in [3.05, 3.63) is 58.2 Å². The van der Waals surface area contributed by atoms with Crippen molar-refractivity contribution in [1.82, 2.24) is 10.3 Å². The number of hydrogen-bond acceptors (Lipinski definition) is 5. The van der Waals surface area contributed by atoms with Crippen molar-refractivity contribution >= 4 is 27.4 Å². The molecule has 2 aromatic rings. The first-order valence-corrected chi connectivity index (χ1v) is 11.9. The lowest BCUT2D eigenvalue weighted by molar-refractivity contribution is -0.126. The highest BCUT2D eigenvalue weighted by Crippen LogP contribution is 2.28. The van der Waals surface area contributed by atoms with Crippen LogP contribution in [0.1, 0.15) is 59.2 Å². The SMILES string of the molecule is CC(=O)c1ccc2c(n1)CCC(C(=O)NC(C)c1cc(C)c(NS(C)(=O)=O)cc1F)C2. The maximum atomic E-state index is 14.6. The Morgan fingerprint density at radius 3 is 2.61 bits per heavy atom. The van der Waals surface area contributed by atoms with E-state index in [0.29, 0.717) is 30.5 Å². The van der Waals surface area contributed by atoms with Crippen LogP contribution in [0.3, 0.4) is 0 Å². The van der Waals surface area contributed by atoms with E-state index in [1.54, 1.807) is 19.9 Å². The van der Waals surface area contributed by atoms with E-state index in [2.05, 4.69) is 15.0 Å². The summed E-state index contributed by atoms with van der Waals surface area (Å²) in [5, 5.41) is 2.87. The van der Waals surface area contributed by atoms with Crippen molar-refractivity contribution in [1.29, 1.82) is 0 Å². The van der Waals surface area contributed by atoms with Crippen LogP contribution in [0.2, 0.25) is 0 Å². The summed E-state index contributed by atoms with van der Waals surface area (Å²) in [6.45, 7) is 4.84. The molecule has 9 heteroatoms. The Bertz CT molecular complexity index is 1150. The average Bonchev–Trinajstić information content (AvgIpc) is 2.68. The van der Waals surface area contributed by atoms with Crippen LogP contribution in [0.25, 0.3) is 0 Å². The van der Waals surface area contributed by atoms with Gasteiger partial charge in [0.25, 0.3) is 0 Å². The Hall–Kier alpha value is -2.81. The number of carbonyl (C=O) groups is 2.